The van der Waals surface area contributed by atoms with Crippen LogP contribution >= 0.6 is 0 Å². The van der Waals surface area contributed by atoms with Crippen molar-refractivity contribution in [1.82, 2.24) is 4.90 Å². The second kappa shape index (κ2) is 7.40. The number of fused-ring (bicyclic) bond motifs is 1. The Bertz CT molecular complexity index is 915. The van der Waals surface area contributed by atoms with Crippen molar-refractivity contribution in [2.24, 2.45) is 0 Å². The summed E-state index contributed by atoms with van der Waals surface area (Å²) in [6, 6.07) is 15.0. The Kier molecular flexibility index (Phi) is 5.05. The fourth-order valence-electron chi connectivity index (χ4n) is 2.85. The average Bonchev–Trinajstić information content (AvgIpc) is 2.62. The first-order valence-corrected chi connectivity index (χ1v) is 8.01. The molecule has 0 aliphatic heterocycles. The van der Waals surface area contributed by atoms with Crippen LogP contribution < -0.4 is 15.1 Å². The van der Waals surface area contributed by atoms with Crippen molar-refractivity contribution in [2.45, 2.75) is 13.1 Å². The van der Waals surface area contributed by atoms with E-state index >= 15 is 0 Å². The fraction of sp³-hybridized carbons (Fsp3) is 0.250. The maximum Gasteiger partial charge on any atom is 0.336 e. The zero-order valence-electron chi connectivity index (χ0n) is 14.6. The quantitative estimate of drug-likeness (QED) is 0.644. The van der Waals surface area contributed by atoms with Crippen molar-refractivity contribution in [3.05, 3.63) is 70.1 Å². The molecule has 0 fully saturated rings. The third-order valence-corrected chi connectivity index (χ3v) is 4.09. The molecule has 130 valence electrons. The number of nitrogens with zero attached hydrogens (tertiary/aromatic N) is 1. The van der Waals surface area contributed by atoms with E-state index in [9.17, 15) is 4.79 Å². The van der Waals surface area contributed by atoms with Crippen LogP contribution in [0.4, 0.5) is 0 Å². The summed E-state index contributed by atoms with van der Waals surface area (Å²) in [6.07, 6.45) is 0. The fourth-order valence-corrected chi connectivity index (χ4v) is 2.85. The molecule has 25 heavy (non-hydrogen) atoms. The van der Waals surface area contributed by atoms with Gasteiger partial charge in [-0.2, -0.15) is 0 Å². The molecule has 1 heterocycles. The summed E-state index contributed by atoms with van der Waals surface area (Å²) in [5, 5.41) is 0.889. The van der Waals surface area contributed by atoms with Crippen LogP contribution in [0.1, 0.15) is 11.1 Å². The van der Waals surface area contributed by atoms with E-state index in [-0.39, 0.29) is 5.63 Å². The number of methoxy groups -OCH3 is 2. The summed E-state index contributed by atoms with van der Waals surface area (Å²) in [6.45, 7) is 1.39. The molecule has 0 aliphatic carbocycles. The van der Waals surface area contributed by atoms with Gasteiger partial charge in [0.15, 0.2) is 0 Å². The van der Waals surface area contributed by atoms with Gasteiger partial charge in [0.05, 0.1) is 14.2 Å². The molecule has 3 aromatic rings. The van der Waals surface area contributed by atoms with Gasteiger partial charge in [0.1, 0.15) is 17.1 Å². The van der Waals surface area contributed by atoms with Crippen molar-refractivity contribution in [2.75, 3.05) is 21.3 Å². The molecule has 1 aromatic heterocycles. The first-order chi connectivity index (χ1) is 12.1. The van der Waals surface area contributed by atoms with Gasteiger partial charge in [-0.1, -0.05) is 12.1 Å². The summed E-state index contributed by atoms with van der Waals surface area (Å²) in [7, 11) is 5.29. The Hall–Kier alpha value is -2.79. The van der Waals surface area contributed by atoms with Crippen LogP contribution in [0.2, 0.25) is 0 Å². The van der Waals surface area contributed by atoms with Crippen LogP contribution in [0.25, 0.3) is 11.0 Å². The predicted molar refractivity (Wildman–Crippen MR) is 97.2 cm³/mol. The van der Waals surface area contributed by atoms with Crippen LogP contribution in [0.15, 0.2) is 57.7 Å². The summed E-state index contributed by atoms with van der Waals surface area (Å²) in [4.78, 5) is 14.0. The van der Waals surface area contributed by atoms with E-state index in [1.54, 1.807) is 32.4 Å². The number of hydrogen-bond donors (Lipinski definition) is 0. The number of ether oxygens (including phenoxy) is 2. The minimum absolute atomic E-state index is 0.342. The van der Waals surface area contributed by atoms with Crippen molar-refractivity contribution in [3.8, 4) is 11.5 Å². The lowest BCUT2D eigenvalue weighted by atomic mass is 10.1. The Balaban J connectivity index is 1.84. The largest absolute Gasteiger partial charge is 0.497 e. The molecule has 0 spiro atoms. The molecular weight excluding hydrogens is 318 g/mol. The number of benzene rings is 2. The summed E-state index contributed by atoms with van der Waals surface area (Å²) >= 11 is 0. The van der Waals surface area contributed by atoms with Crippen LogP contribution in [0.5, 0.6) is 11.5 Å². The van der Waals surface area contributed by atoms with Gasteiger partial charge < -0.3 is 13.9 Å². The SMILES string of the molecule is COc1ccc(CN(C)Cc2cc(=O)oc3ccc(OC)cc23)cc1. The molecule has 0 N–H and O–H groups in total. The van der Waals surface area contributed by atoms with E-state index in [4.69, 9.17) is 13.9 Å². The Morgan fingerprint density at radius 1 is 0.920 bits per heavy atom. The first kappa shape index (κ1) is 17.0. The molecule has 0 amide bonds. The average molecular weight is 339 g/mol. The molecule has 0 saturated carbocycles. The highest BCUT2D eigenvalue weighted by Gasteiger charge is 2.10. The molecule has 0 radical (unpaired) electrons. The minimum atomic E-state index is -0.342. The molecule has 3 rings (SSSR count). The van der Waals surface area contributed by atoms with Crippen molar-refractivity contribution < 1.29 is 13.9 Å². The third-order valence-electron chi connectivity index (χ3n) is 4.09. The molecule has 0 unspecified atom stereocenters. The lowest BCUT2D eigenvalue weighted by Gasteiger charge is -2.18. The van der Waals surface area contributed by atoms with E-state index in [1.807, 2.05) is 37.4 Å². The van der Waals surface area contributed by atoms with Crippen LogP contribution in [-0.2, 0) is 13.1 Å². The molecule has 2 aromatic carbocycles. The van der Waals surface area contributed by atoms with Gasteiger partial charge in [0.25, 0.3) is 0 Å². The standard InChI is InChI=1S/C20H21NO4/c1-21(12-14-4-6-16(23-2)7-5-14)13-15-10-20(22)25-19-9-8-17(24-3)11-18(15)19/h4-11H,12-13H2,1-3H3. The highest BCUT2D eigenvalue weighted by Crippen LogP contribution is 2.24. The van der Waals surface area contributed by atoms with E-state index in [2.05, 4.69) is 4.90 Å². The highest BCUT2D eigenvalue weighted by molar-refractivity contribution is 5.81. The lowest BCUT2D eigenvalue weighted by molar-refractivity contribution is 0.319. The first-order valence-electron chi connectivity index (χ1n) is 8.01. The third kappa shape index (κ3) is 4.00. The molecule has 0 saturated heterocycles. The van der Waals surface area contributed by atoms with Gasteiger partial charge >= 0.3 is 5.63 Å². The summed E-state index contributed by atoms with van der Waals surface area (Å²) < 4.78 is 15.8. The maximum atomic E-state index is 11.8. The van der Waals surface area contributed by atoms with E-state index in [0.29, 0.717) is 12.1 Å². The smallest absolute Gasteiger partial charge is 0.336 e. The Labute approximate surface area is 146 Å². The number of rotatable bonds is 6. The number of hydrogen-bond acceptors (Lipinski definition) is 5. The molecular formula is C20H21NO4. The van der Waals surface area contributed by atoms with Gasteiger partial charge in [-0.15, -0.1) is 0 Å². The normalized spacial score (nSPS) is 11.0. The van der Waals surface area contributed by atoms with E-state index < -0.39 is 0 Å². The highest BCUT2D eigenvalue weighted by atomic mass is 16.5. The van der Waals surface area contributed by atoms with Crippen LogP contribution in [0.3, 0.4) is 0 Å². The monoisotopic (exact) mass is 339 g/mol. The molecule has 5 nitrogen and oxygen atoms in total. The Morgan fingerprint density at radius 3 is 2.28 bits per heavy atom. The van der Waals surface area contributed by atoms with E-state index in [1.165, 1.54) is 5.56 Å². The zero-order valence-corrected chi connectivity index (χ0v) is 14.6. The van der Waals surface area contributed by atoms with Gasteiger partial charge in [0, 0.05) is 24.5 Å². The molecule has 5 heteroatoms. The minimum Gasteiger partial charge on any atom is -0.497 e. The Morgan fingerprint density at radius 2 is 1.60 bits per heavy atom. The van der Waals surface area contributed by atoms with Crippen molar-refractivity contribution in [1.29, 1.82) is 0 Å². The molecule has 0 bridgehead atoms. The molecule has 0 atom stereocenters. The topological polar surface area (TPSA) is 51.9 Å². The second-order valence-electron chi connectivity index (χ2n) is 5.97. The van der Waals surface area contributed by atoms with Gasteiger partial charge in [-0.3, -0.25) is 4.90 Å². The predicted octanol–water partition coefficient (Wildman–Crippen LogP) is 3.44. The van der Waals surface area contributed by atoms with Crippen LogP contribution in [0, 0.1) is 0 Å². The van der Waals surface area contributed by atoms with E-state index in [0.717, 1.165) is 29.0 Å². The van der Waals surface area contributed by atoms with Gasteiger partial charge in [-0.25, -0.2) is 4.79 Å². The second-order valence-corrected chi connectivity index (χ2v) is 5.97. The van der Waals surface area contributed by atoms with Crippen LogP contribution in [-0.4, -0.2) is 26.2 Å². The maximum absolute atomic E-state index is 11.8. The van der Waals surface area contributed by atoms with Crippen molar-refractivity contribution >= 4 is 11.0 Å². The zero-order chi connectivity index (χ0) is 17.8. The summed E-state index contributed by atoms with van der Waals surface area (Å²) in [5.74, 6) is 1.57. The van der Waals surface area contributed by atoms with Gasteiger partial charge in [-0.05, 0) is 48.5 Å². The van der Waals surface area contributed by atoms with Gasteiger partial charge in [0.2, 0.25) is 0 Å². The van der Waals surface area contributed by atoms with Crippen molar-refractivity contribution in [3.63, 3.8) is 0 Å². The lowest BCUT2D eigenvalue weighted by Crippen LogP contribution is -2.18. The summed E-state index contributed by atoms with van der Waals surface area (Å²) in [5.41, 5.74) is 2.32. The molecule has 0 aliphatic rings.